The summed E-state index contributed by atoms with van der Waals surface area (Å²) in [5, 5.41) is 0. The Bertz CT molecular complexity index is 576. The largest absolute Gasteiger partial charge is 0.398 e. The predicted octanol–water partition coefficient (Wildman–Crippen LogP) is 2.69. The standard InChI is InChI=1S/C15H24N2O2S/c1-3-12-6-7-13(10-14(12)16)20(18,19)17-11-15(2)8-4-5-9-15/h6-7,10,17H,3-5,8-9,11,16H2,1-2H3. The topological polar surface area (TPSA) is 72.2 Å². The van der Waals surface area contributed by atoms with Crippen molar-refractivity contribution in [3.8, 4) is 0 Å². The van der Waals surface area contributed by atoms with Gasteiger partial charge >= 0.3 is 0 Å². The number of anilines is 1. The number of nitrogens with two attached hydrogens (primary N) is 1. The smallest absolute Gasteiger partial charge is 0.240 e. The molecule has 112 valence electrons. The van der Waals surface area contributed by atoms with Crippen LogP contribution in [0.3, 0.4) is 0 Å². The molecule has 1 aromatic rings. The molecular formula is C15H24N2O2S. The minimum Gasteiger partial charge on any atom is -0.398 e. The van der Waals surface area contributed by atoms with Crippen molar-refractivity contribution in [2.75, 3.05) is 12.3 Å². The molecule has 3 N–H and O–H groups in total. The lowest BCUT2D eigenvalue weighted by Gasteiger charge is -2.23. The first-order valence-corrected chi connectivity index (χ1v) is 8.73. The lowest BCUT2D eigenvalue weighted by atomic mass is 9.89. The van der Waals surface area contributed by atoms with E-state index in [1.54, 1.807) is 18.2 Å². The third-order valence-corrected chi connectivity index (χ3v) is 5.71. The number of aryl methyl sites for hydroxylation is 1. The van der Waals surface area contributed by atoms with E-state index < -0.39 is 10.0 Å². The molecule has 0 aliphatic heterocycles. The summed E-state index contributed by atoms with van der Waals surface area (Å²) in [6.45, 7) is 4.65. The number of rotatable bonds is 5. The lowest BCUT2D eigenvalue weighted by Crippen LogP contribution is -2.34. The summed E-state index contributed by atoms with van der Waals surface area (Å²) in [6.07, 6.45) is 5.36. The van der Waals surface area contributed by atoms with E-state index in [1.807, 2.05) is 6.92 Å². The van der Waals surface area contributed by atoms with Gasteiger partial charge in [-0.1, -0.05) is 32.8 Å². The molecule has 0 heterocycles. The van der Waals surface area contributed by atoms with E-state index in [0.29, 0.717) is 12.2 Å². The Labute approximate surface area is 121 Å². The molecule has 2 rings (SSSR count). The van der Waals surface area contributed by atoms with Gasteiger partial charge in [-0.3, -0.25) is 0 Å². The molecule has 0 amide bonds. The zero-order valence-corrected chi connectivity index (χ0v) is 13.1. The van der Waals surface area contributed by atoms with E-state index in [0.717, 1.165) is 24.8 Å². The number of nitrogen functional groups attached to an aromatic ring is 1. The fraction of sp³-hybridized carbons (Fsp3) is 0.600. The van der Waals surface area contributed by atoms with Crippen molar-refractivity contribution in [2.45, 2.75) is 50.8 Å². The lowest BCUT2D eigenvalue weighted by molar-refractivity contribution is 0.336. The number of nitrogens with one attached hydrogen (secondary N) is 1. The van der Waals surface area contributed by atoms with Crippen LogP contribution in [0.4, 0.5) is 5.69 Å². The van der Waals surface area contributed by atoms with E-state index in [9.17, 15) is 8.42 Å². The van der Waals surface area contributed by atoms with E-state index in [-0.39, 0.29) is 10.3 Å². The number of hydrogen-bond donors (Lipinski definition) is 2. The molecule has 0 bridgehead atoms. The minimum absolute atomic E-state index is 0.0992. The number of sulfonamides is 1. The summed E-state index contributed by atoms with van der Waals surface area (Å²) in [6, 6.07) is 4.98. The van der Waals surface area contributed by atoms with Gasteiger partial charge in [-0.05, 0) is 42.4 Å². The van der Waals surface area contributed by atoms with Crippen LogP contribution in [0.25, 0.3) is 0 Å². The first-order chi connectivity index (χ1) is 9.36. The van der Waals surface area contributed by atoms with Crippen molar-refractivity contribution in [3.63, 3.8) is 0 Å². The molecule has 4 nitrogen and oxygen atoms in total. The Morgan fingerprint density at radius 1 is 1.30 bits per heavy atom. The molecule has 1 aliphatic carbocycles. The van der Waals surface area contributed by atoms with Crippen molar-refractivity contribution in [1.82, 2.24) is 4.72 Å². The maximum absolute atomic E-state index is 12.3. The van der Waals surface area contributed by atoms with Crippen molar-refractivity contribution < 1.29 is 8.42 Å². The summed E-state index contributed by atoms with van der Waals surface area (Å²) in [4.78, 5) is 0.258. The van der Waals surface area contributed by atoms with Gasteiger partial charge in [0.15, 0.2) is 0 Å². The van der Waals surface area contributed by atoms with Crippen LogP contribution in [0, 0.1) is 5.41 Å². The fourth-order valence-corrected chi connectivity index (χ4v) is 4.05. The predicted molar refractivity (Wildman–Crippen MR) is 82.0 cm³/mol. The molecule has 0 spiro atoms. The number of hydrogen-bond acceptors (Lipinski definition) is 3. The minimum atomic E-state index is -3.46. The Morgan fingerprint density at radius 3 is 2.50 bits per heavy atom. The second-order valence-corrected chi connectivity index (χ2v) is 7.82. The van der Waals surface area contributed by atoms with Crippen LogP contribution >= 0.6 is 0 Å². The first kappa shape index (κ1) is 15.3. The first-order valence-electron chi connectivity index (χ1n) is 7.24. The highest BCUT2D eigenvalue weighted by Crippen LogP contribution is 2.37. The zero-order valence-electron chi connectivity index (χ0n) is 12.3. The summed E-state index contributed by atoms with van der Waals surface area (Å²) >= 11 is 0. The molecule has 0 atom stereocenters. The van der Waals surface area contributed by atoms with Crippen LogP contribution in [0.1, 0.15) is 45.1 Å². The van der Waals surface area contributed by atoms with Gasteiger partial charge in [0.25, 0.3) is 0 Å². The SMILES string of the molecule is CCc1ccc(S(=O)(=O)NCC2(C)CCCC2)cc1N. The molecule has 1 saturated carbocycles. The van der Waals surface area contributed by atoms with Crippen LogP contribution in [-0.2, 0) is 16.4 Å². The molecule has 20 heavy (non-hydrogen) atoms. The van der Waals surface area contributed by atoms with Gasteiger partial charge in [0, 0.05) is 12.2 Å². The maximum Gasteiger partial charge on any atom is 0.240 e. The molecule has 0 aromatic heterocycles. The van der Waals surface area contributed by atoms with Gasteiger partial charge in [-0.15, -0.1) is 0 Å². The molecule has 1 fully saturated rings. The molecule has 0 unspecified atom stereocenters. The fourth-order valence-electron chi connectivity index (χ4n) is 2.82. The van der Waals surface area contributed by atoms with Crippen LogP contribution in [-0.4, -0.2) is 15.0 Å². The van der Waals surface area contributed by atoms with Crippen molar-refractivity contribution >= 4 is 15.7 Å². The second-order valence-electron chi connectivity index (χ2n) is 6.06. The van der Waals surface area contributed by atoms with Gasteiger partial charge in [0.2, 0.25) is 10.0 Å². The average Bonchev–Trinajstić information content (AvgIpc) is 2.84. The summed E-state index contributed by atoms with van der Waals surface area (Å²) in [5.74, 6) is 0. The van der Waals surface area contributed by atoms with Gasteiger partial charge in [0.1, 0.15) is 0 Å². The van der Waals surface area contributed by atoms with Crippen molar-refractivity contribution in [2.24, 2.45) is 5.41 Å². The molecule has 5 heteroatoms. The van der Waals surface area contributed by atoms with E-state index in [2.05, 4.69) is 11.6 Å². The Morgan fingerprint density at radius 2 is 1.95 bits per heavy atom. The van der Waals surface area contributed by atoms with Crippen molar-refractivity contribution in [1.29, 1.82) is 0 Å². The number of benzene rings is 1. The van der Waals surface area contributed by atoms with Gasteiger partial charge < -0.3 is 5.73 Å². The Kier molecular flexibility index (Phi) is 4.39. The molecule has 1 aliphatic rings. The van der Waals surface area contributed by atoms with Crippen LogP contribution in [0.2, 0.25) is 0 Å². The Hall–Kier alpha value is -1.07. The third kappa shape index (κ3) is 3.33. The highest BCUT2D eigenvalue weighted by Gasteiger charge is 2.30. The van der Waals surface area contributed by atoms with Crippen LogP contribution in [0.5, 0.6) is 0 Å². The van der Waals surface area contributed by atoms with Gasteiger partial charge in [-0.2, -0.15) is 0 Å². The Balaban J connectivity index is 2.12. The van der Waals surface area contributed by atoms with Crippen LogP contribution in [0.15, 0.2) is 23.1 Å². The summed E-state index contributed by atoms with van der Waals surface area (Å²) < 4.78 is 27.4. The van der Waals surface area contributed by atoms with E-state index in [1.165, 1.54) is 12.8 Å². The highest BCUT2D eigenvalue weighted by molar-refractivity contribution is 7.89. The normalized spacial score (nSPS) is 18.3. The molecule has 0 saturated heterocycles. The molecular weight excluding hydrogens is 272 g/mol. The summed E-state index contributed by atoms with van der Waals surface area (Å²) in [5.41, 5.74) is 7.50. The quantitative estimate of drug-likeness (QED) is 0.821. The van der Waals surface area contributed by atoms with Crippen LogP contribution < -0.4 is 10.5 Å². The van der Waals surface area contributed by atoms with E-state index >= 15 is 0 Å². The third-order valence-electron chi connectivity index (χ3n) is 4.31. The average molecular weight is 296 g/mol. The molecule has 1 aromatic carbocycles. The second kappa shape index (κ2) is 5.74. The monoisotopic (exact) mass is 296 g/mol. The van der Waals surface area contributed by atoms with Crippen molar-refractivity contribution in [3.05, 3.63) is 23.8 Å². The summed E-state index contributed by atoms with van der Waals surface area (Å²) in [7, 11) is -3.46. The zero-order chi connectivity index (χ0) is 14.8. The van der Waals surface area contributed by atoms with Gasteiger partial charge in [0.05, 0.1) is 4.90 Å². The van der Waals surface area contributed by atoms with E-state index in [4.69, 9.17) is 5.73 Å². The molecule has 0 radical (unpaired) electrons. The highest BCUT2D eigenvalue weighted by atomic mass is 32.2. The maximum atomic E-state index is 12.3. The van der Waals surface area contributed by atoms with Gasteiger partial charge in [-0.25, -0.2) is 13.1 Å².